The second-order valence-electron chi connectivity index (χ2n) is 4.71. The van der Waals surface area contributed by atoms with E-state index in [-0.39, 0.29) is 11.9 Å². The average Bonchev–Trinajstić information content (AvgIpc) is 2.67. The fourth-order valence-corrected chi connectivity index (χ4v) is 2.68. The third-order valence-corrected chi connectivity index (χ3v) is 4.36. The van der Waals surface area contributed by atoms with E-state index in [1.54, 1.807) is 0 Å². The Hall–Kier alpha value is -0.920. The van der Waals surface area contributed by atoms with E-state index in [1.165, 1.54) is 5.69 Å². The minimum absolute atomic E-state index is 0.101. The first-order valence-electron chi connectivity index (χ1n) is 6.42. The zero-order valence-electron chi connectivity index (χ0n) is 11.3. The van der Waals surface area contributed by atoms with Gasteiger partial charge in [-0.15, -0.1) is 0 Å². The fourth-order valence-electron chi connectivity index (χ4n) is 2.27. The van der Waals surface area contributed by atoms with Crippen LogP contribution in [0.2, 0.25) is 0 Å². The van der Waals surface area contributed by atoms with Gasteiger partial charge in [0.25, 0.3) is 0 Å². The molecule has 1 unspecified atom stereocenters. The van der Waals surface area contributed by atoms with Crippen LogP contribution in [0.15, 0.2) is 4.47 Å². The first-order chi connectivity index (χ1) is 9.02. The molecule has 19 heavy (non-hydrogen) atoms. The highest BCUT2D eigenvalue weighted by atomic mass is 79.9. The number of morpholine rings is 1. The van der Waals surface area contributed by atoms with Crippen LogP contribution in [0.1, 0.15) is 18.3 Å². The maximum atomic E-state index is 7.48. The molecule has 6 nitrogen and oxygen atoms in total. The van der Waals surface area contributed by atoms with Crippen molar-refractivity contribution in [1.82, 2.24) is 14.7 Å². The number of nitrogens with one attached hydrogen (secondary N) is 1. The Balaban J connectivity index is 2.10. The smallest absolute Gasteiger partial charge is 0.127 e. The van der Waals surface area contributed by atoms with Crippen LogP contribution in [0.3, 0.4) is 0 Å². The molecular formula is C12H20BrN5O. The first-order valence-corrected chi connectivity index (χ1v) is 7.21. The van der Waals surface area contributed by atoms with Crippen molar-refractivity contribution in [3.63, 3.8) is 0 Å². The molecule has 0 aliphatic carbocycles. The van der Waals surface area contributed by atoms with Crippen LogP contribution >= 0.6 is 15.9 Å². The van der Waals surface area contributed by atoms with Gasteiger partial charge < -0.3 is 10.5 Å². The van der Waals surface area contributed by atoms with Crippen molar-refractivity contribution in [2.75, 3.05) is 19.7 Å². The zero-order valence-corrected chi connectivity index (χ0v) is 12.9. The highest BCUT2D eigenvalue weighted by molar-refractivity contribution is 9.10. The summed E-state index contributed by atoms with van der Waals surface area (Å²) in [6.07, 6.45) is -0.286. The Kier molecular flexibility index (Phi) is 4.59. The van der Waals surface area contributed by atoms with Gasteiger partial charge in [-0.25, -0.2) is 0 Å². The van der Waals surface area contributed by atoms with Crippen LogP contribution in [-0.4, -0.2) is 46.3 Å². The number of halogens is 1. The van der Waals surface area contributed by atoms with Gasteiger partial charge in [0.1, 0.15) is 11.9 Å². The molecule has 1 atom stereocenters. The Morgan fingerprint density at radius 2 is 2.37 bits per heavy atom. The summed E-state index contributed by atoms with van der Waals surface area (Å²) in [6.45, 7) is 7.85. The van der Waals surface area contributed by atoms with Crippen molar-refractivity contribution in [2.24, 2.45) is 5.73 Å². The van der Waals surface area contributed by atoms with E-state index in [4.69, 9.17) is 15.9 Å². The summed E-state index contributed by atoms with van der Waals surface area (Å²) in [6, 6.07) is 0. The van der Waals surface area contributed by atoms with Gasteiger partial charge in [0.05, 0.1) is 22.5 Å². The van der Waals surface area contributed by atoms with Crippen LogP contribution in [-0.2, 0) is 17.8 Å². The van der Waals surface area contributed by atoms with Crippen molar-refractivity contribution >= 4 is 21.8 Å². The molecule has 0 bridgehead atoms. The molecule has 0 radical (unpaired) electrons. The quantitative estimate of drug-likeness (QED) is 0.640. The highest BCUT2D eigenvalue weighted by Gasteiger charge is 2.24. The van der Waals surface area contributed by atoms with Crippen LogP contribution in [0, 0.1) is 12.3 Å². The molecular weight excluding hydrogens is 310 g/mol. The Morgan fingerprint density at radius 3 is 3.00 bits per heavy atom. The van der Waals surface area contributed by atoms with Crippen LogP contribution in [0.4, 0.5) is 0 Å². The lowest BCUT2D eigenvalue weighted by Gasteiger charge is -2.32. The second kappa shape index (κ2) is 6.02. The van der Waals surface area contributed by atoms with Crippen molar-refractivity contribution in [1.29, 1.82) is 5.41 Å². The SMILES string of the molecule is CCn1nc(C)c(Br)c1CN1CCOC(C(=N)N)C1. The number of hydrogen-bond acceptors (Lipinski definition) is 4. The van der Waals surface area contributed by atoms with E-state index >= 15 is 0 Å². The lowest BCUT2D eigenvalue weighted by Crippen LogP contribution is -2.47. The van der Waals surface area contributed by atoms with Crippen molar-refractivity contribution in [2.45, 2.75) is 33.0 Å². The third-order valence-electron chi connectivity index (χ3n) is 3.32. The highest BCUT2D eigenvalue weighted by Crippen LogP contribution is 2.23. The largest absolute Gasteiger partial charge is 0.385 e. The minimum Gasteiger partial charge on any atom is -0.385 e. The molecule has 1 aliphatic rings. The van der Waals surface area contributed by atoms with Gasteiger partial charge in [-0.2, -0.15) is 5.10 Å². The van der Waals surface area contributed by atoms with Gasteiger partial charge in [0.2, 0.25) is 0 Å². The van der Waals surface area contributed by atoms with Crippen molar-refractivity contribution in [3.05, 3.63) is 15.9 Å². The van der Waals surface area contributed by atoms with E-state index in [0.29, 0.717) is 13.2 Å². The van der Waals surface area contributed by atoms with Gasteiger partial charge in [0.15, 0.2) is 0 Å². The third kappa shape index (κ3) is 3.16. The molecule has 0 spiro atoms. The summed E-state index contributed by atoms with van der Waals surface area (Å²) < 4.78 is 8.56. The molecule has 2 rings (SSSR count). The summed E-state index contributed by atoms with van der Waals surface area (Å²) in [7, 11) is 0. The lowest BCUT2D eigenvalue weighted by molar-refractivity contribution is 0.00137. The Labute approximate surface area is 121 Å². The molecule has 0 amide bonds. The molecule has 1 aromatic rings. The van der Waals surface area contributed by atoms with E-state index < -0.39 is 0 Å². The van der Waals surface area contributed by atoms with E-state index in [9.17, 15) is 0 Å². The van der Waals surface area contributed by atoms with Gasteiger partial charge in [0, 0.05) is 26.2 Å². The van der Waals surface area contributed by atoms with Crippen LogP contribution < -0.4 is 5.73 Å². The average molecular weight is 330 g/mol. The molecule has 0 saturated carbocycles. The summed E-state index contributed by atoms with van der Waals surface area (Å²) in [5.41, 5.74) is 7.70. The number of ether oxygens (including phenoxy) is 1. The molecule has 1 fully saturated rings. The van der Waals surface area contributed by atoms with E-state index in [2.05, 4.69) is 32.9 Å². The molecule has 106 valence electrons. The van der Waals surface area contributed by atoms with Crippen LogP contribution in [0.5, 0.6) is 0 Å². The minimum atomic E-state index is -0.286. The van der Waals surface area contributed by atoms with Crippen molar-refractivity contribution < 1.29 is 4.74 Å². The van der Waals surface area contributed by atoms with Gasteiger partial charge in [-0.3, -0.25) is 15.0 Å². The molecule has 2 heterocycles. The second-order valence-corrected chi connectivity index (χ2v) is 5.50. The number of aromatic nitrogens is 2. The maximum Gasteiger partial charge on any atom is 0.127 e. The van der Waals surface area contributed by atoms with E-state index in [0.717, 1.165) is 29.8 Å². The lowest BCUT2D eigenvalue weighted by atomic mass is 10.2. The standard InChI is InChI=1S/C12H20BrN5O/c1-3-18-9(11(13)8(2)16-18)6-17-4-5-19-10(7-17)12(14)15/h10H,3-7H2,1-2H3,(H3,14,15). The summed E-state index contributed by atoms with van der Waals surface area (Å²) in [5, 5.41) is 12.0. The first kappa shape index (κ1) is 14.5. The normalized spacial score (nSPS) is 20.7. The molecule has 1 aromatic heterocycles. The van der Waals surface area contributed by atoms with Gasteiger partial charge in [-0.05, 0) is 29.8 Å². The number of hydrogen-bond donors (Lipinski definition) is 2. The predicted molar refractivity (Wildman–Crippen MR) is 77.3 cm³/mol. The zero-order chi connectivity index (χ0) is 14.0. The number of nitrogens with zero attached hydrogens (tertiary/aromatic N) is 3. The summed E-state index contributed by atoms with van der Waals surface area (Å²) >= 11 is 3.60. The number of nitrogens with two attached hydrogens (primary N) is 1. The molecule has 0 aromatic carbocycles. The Morgan fingerprint density at radius 1 is 1.63 bits per heavy atom. The fraction of sp³-hybridized carbons (Fsp3) is 0.667. The monoisotopic (exact) mass is 329 g/mol. The maximum absolute atomic E-state index is 7.48. The topological polar surface area (TPSA) is 80.2 Å². The number of amidine groups is 1. The molecule has 7 heteroatoms. The number of rotatable bonds is 4. The van der Waals surface area contributed by atoms with E-state index in [1.807, 2.05) is 11.6 Å². The molecule has 3 N–H and O–H groups in total. The Bertz CT molecular complexity index is 473. The summed E-state index contributed by atoms with van der Waals surface area (Å²) in [5.74, 6) is 0.101. The molecule has 1 saturated heterocycles. The summed E-state index contributed by atoms with van der Waals surface area (Å²) in [4.78, 5) is 2.25. The molecule has 1 aliphatic heterocycles. The van der Waals surface area contributed by atoms with Crippen molar-refractivity contribution in [3.8, 4) is 0 Å². The predicted octanol–water partition coefficient (Wildman–Crippen LogP) is 1.11. The van der Waals surface area contributed by atoms with Crippen LogP contribution in [0.25, 0.3) is 0 Å². The van der Waals surface area contributed by atoms with Gasteiger partial charge >= 0.3 is 0 Å². The van der Waals surface area contributed by atoms with Gasteiger partial charge in [-0.1, -0.05) is 0 Å². The number of aryl methyl sites for hydroxylation is 2.